The summed E-state index contributed by atoms with van der Waals surface area (Å²) in [5.41, 5.74) is 0.957. The van der Waals surface area contributed by atoms with Crippen molar-refractivity contribution in [1.29, 1.82) is 0 Å². The molecule has 0 aliphatic carbocycles. The van der Waals surface area contributed by atoms with Crippen LogP contribution < -0.4 is 0 Å². The average molecular weight is 1650 g/mol. The molecule has 0 aliphatic heterocycles. The fraction of sp³-hybridized carbons (Fsp3) is 0.529. The van der Waals surface area contributed by atoms with Crippen molar-refractivity contribution in [1.82, 2.24) is 0 Å². The van der Waals surface area contributed by atoms with Crippen LogP contribution in [0.25, 0.3) is 0 Å². The molecular weight excluding hydrogens is 1520 g/mol. The van der Waals surface area contributed by atoms with E-state index in [-0.39, 0.29) is 137 Å². The second-order valence-corrected chi connectivity index (χ2v) is 24.5. The number of carbonyl (C=O) groups excluding carboxylic acids is 15. The van der Waals surface area contributed by atoms with Crippen LogP contribution in [0, 0.1) is 0 Å². The van der Waals surface area contributed by atoms with Crippen LogP contribution >= 0.6 is 0 Å². The molecule has 8 atom stereocenters. The van der Waals surface area contributed by atoms with E-state index in [1.54, 1.807) is 163 Å². The number of ether oxygens (including phenoxy) is 14. The van der Waals surface area contributed by atoms with Gasteiger partial charge in [-0.05, 0) is 70.7 Å². The number of esters is 14. The highest BCUT2D eigenvalue weighted by molar-refractivity contribution is 5.93. The zero-order valence-electron chi connectivity index (χ0n) is 63.3. The third kappa shape index (κ3) is 49.3. The van der Waals surface area contributed by atoms with Gasteiger partial charge >= 0.3 is 89.5 Å². The van der Waals surface area contributed by atoms with E-state index in [1.165, 1.54) is 55.4 Å². The molecule has 0 bridgehead atoms. The minimum atomic E-state index is -1.81. The van der Waals surface area contributed by atoms with E-state index in [0.29, 0.717) is 22.3 Å². The Morgan fingerprint density at radius 2 is 0.414 bits per heavy atom. The second-order valence-electron chi connectivity index (χ2n) is 24.5. The Kier molecular flexibility index (Phi) is 66.3. The van der Waals surface area contributed by atoms with Gasteiger partial charge in [0.15, 0.2) is 5.78 Å². The number of ketones is 1. The maximum Gasteiger partial charge on any atom is 0.352 e. The van der Waals surface area contributed by atoms with Crippen molar-refractivity contribution in [2.45, 2.75) is 301 Å². The molecule has 31 heteroatoms. The highest BCUT2D eigenvalue weighted by Gasteiger charge is 2.47. The molecule has 4 aromatic rings. The molecule has 0 amide bonds. The summed E-state index contributed by atoms with van der Waals surface area (Å²) in [6, 6.07) is 35.3. The van der Waals surface area contributed by atoms with Crippen LogP contribution in [0.3, 0.4) is 0 Å². The first-order chi connectivity index (χ1) is 50.9. The first kappa shape index (κ1) is 120. The lowest BCUT2D eigenvalue weighted by molar-refractivity contribution is -0.199. The van der Waals surface area contributed by atoms with E-state index in [9.17, 15) is 76.7 Å². The molecule has 4 aromatic carbocycles. The molecule has 0 saturated carbocycles. The van der Waals surface area contributed by atoms with E-state index in [0.717, 1.165) is 6.92 Å². The van der Waals surface area contributed by atoms with Crippen molar-refractivity contribution < 1.29 is 148 Å². The maximum absolute atomic E-state index is 12.8. The van der Waals surface area contributed by atoms with Crippen LogP contribution in [0.4, 0.5) is 0 Å². The Balaban J connectivity index is -0.000000223. The molecule has 0 radical (unpaired) electrons. The highest BCUT2D eigenvalue weighted by atomic mass is 16.7. The minimum absolute atomic E-state index is 0. The van der Waals surface area contributed by atoms with Crippen LogP contribution in [0.15, 0.2) is 121 Å². The summed E-state index contributed by atoms with van der Waals surface area (Å²) in [7, 11) is 0. The molecule has 116 heavy (non-hydrogen) atoms. The fourth-order valence-corrected chi connectivity index (χ4v) is 7.76. The molecule has 0 spiro atoms. The Labute approximate surface area is 685 Å². The molecule has 0 aliphatic rings. The predicted molar refractivity (Wildman–Crippen MR) is 430 cm³/mol. The fourth-order valence-electron chi connectivity index (χ4n) is 7.76. The Morgan fingerprint density at radius 3 is 0.560 bits per heavy atom. The second kappa shape index (κ2) is 63.9. The van der Waals surface area contributed by atoms with Crippen molar-refractivity contribution in [3.63, 3.8) is 0 Å². The SMILES string of the molecule is C.C.C.C.C.C.C.C.CCC(=O)OC(C(=O)OC(C)(C)C)C(OC(=O)CC)C(=O)OC(C)(C)C.CCC(=O)OC(C(=O)OCc1ccccc1)C(OC(=O)CC)C(=O)OCc1ccccc1.CCC(=O)OC(C(=O)OCc1ccccc1)C(OC(=O)CC)C(=O)OCc1ccccc1.CCC(=O)OC(C(C)=O)C(OC(=O)CC)C(=O)O. The van der Waals surface area contributed by atoms with Crippen LogP contribution in [0.2, 0.25) is 0 Å². The lowest BCUT2D eigenvalue weighted by atomic mass is 10.1. The zero-order chi connectivity index (χ0) is 81.7. The van der Waals surface area contributed by atoms with E-state index in [1.807, 2.05) is 0 Å². The number of carbonyl (C=O) groups is 16. The van der Waals surface area contributed by atoms with Gasteiger partial charge < -0.3 is 71.4 Å². The Bertz CT molecular complexity index is 3180. The van der Waals surface area contributed by atoms with Crippen molar-refractivity contribution in [2.75, 3.05) is 0 Å². The molecular formula is C85H130O31. The van der Waals surface area contributed by atoms with Gasteiger partial charge in [0.25, 0.3) is 0 Å². The molecule has 656 valence electrons. The summed E-state index contributed by atoms with van der Waals surface area (Å²) >= 11 is 0. The maximum atomic E-state index is 12.8. The van der Waals surface area contributed by atoms with Crippen molar-refractivity contribution >= 4 is 95.3 Å². The normalized spacial score (nSPS) is 11.9. The van der Waals surface area contributed by atoms with E-state index >= 15 is 0 Å². The number of aliphatic carboxylic acids is 1. The number of carboxylic acid groups (broad SMARTS) is 1. The lowest BCUT2D eigenvalue weighted by Gasteiger charge is -2.29. The molecule has 8 unspecified atom stereocenters. The molecule has 0 fully saturated rings. The van der Waals surface area contributed by atoms with Crippen LogP contribution in [0.5, 0.6) is 0 Å². The molecule has 1 N–H and O–H groups in total. The number of benzene rings is 4. The van der Waals surface area contributed by atoms with Crippen LogP contribution in [0.1, 0.15) is 237 Å². The largest absolute Gasteiger partial charge is 0.478 e. The minimum Gasteiger partial charge on any atom is -0.478 e. The lowest BCUT2D eigenvalue weighted by Crippen LogP contribution is -2.50. The summed E-state index contributed by atoms with van der Waals surface area (Å²) < 4.78 is 71.3. The van der Waals surface area contributed by atoms with E-state index < -0.39 is 155 Å². The quantitative estimate of drug-likeness (QED) is 0.0326. The average Bonchev–Trinajstić information content (AvgIpc) is 0.846. The number of Topliss-reactive ketones (excluding diaryl/α,β-unsaturated/α-hetero) is 1. The molecule has 0 heterocycles. The van der Waals surface area contributed by atoms with E-state index in [2.05, 4.69) is 9.47 Å². The summed E-state index contributed by atoms with van der Waals surface area (Å²) in [6.07, 6.45) is -14.5. The number of carboxylic acids is 1. The van der Waals surface area contributed by atoms with Crippen molar-refractivity contribution in [2.24, 2.45) is 0 Å². The summed E-state index contributed by atoms with van der Waals surface area (Å²) in [5.74, 6) is -14.4. The van der Waals surface area contributed by atoms with Gasteiger partial charge in [0.1, 0.15) is 37.6 Å². The topological polar surface area (TPSA) is 423 Å². The Morgan fingerprint density at radius 1 is 0.259 bits per heavy atom. The van der Waals surface area contributed by atoms with Crippen LogP contribution in [-0.4, -0.2) is 160 Å². The number of hydrogen-bond acceptors (Lipinski definition) is 30. The van der Waals surface area contributed by atoms with Gasteiger partial charge in [0, 0.05) is 51.4 Å². The number of hydrogen-bond donors (Lipinski definition) is 1. The predicted octanol–water partition coefficient (Wildman–Crippen LogP) is 13.9. The third-order valence-electron chi connectivity index (χ3n) is 13.2. The third-order valence-corrected chi connectivity index (χ3v) is 13.2. The van der Waals surface area contributed by atoms with Gasteiger partial charge in [-0.1, -0.05) is 236 Å². The van der Waals surface area contributed by atoms with Gasteiger partial charge in [-0.15, -0.1) is 0 Å². The zero-order valence-corrected chi connectivity index (χ0v) is 63.3. The monoisotopic (exact) mass is 1650 g/mol. The first-order valence-electron chi connectivity index (χ1n) is 34.5. The van der Waals surface area contributed by atoms with Gasteiger partial charge in [-0.25, -0.2) is 33.6 Å². The number of rotatable bonds is 36. The molecule has 4 rings (SSSR count). The van der Waals surface area contributed by atoms with Gasteiger partial charge in [0.2, 0.25) is 48.8 Å². The van der Waals surface area contributed by atoms with Gasteiger partial charge in [-0.3, -0.25) is 43.2 Å². The first-order valence-corrected chi connectivity index (χ1v) is 34.5. The molecule has 0 saturated heterocycles. The van der Waals surface area contributed by atoms with Crippen molar-refractivity contribution in [3.8, 4) is 0 Å². The van der Waals surface area contributed by atoms with Gasteiger partial charge in [0.05, 0.1) is 0 Å². The summed E-state index contributed by atoms with van der Waals surface area (Å²) in [5, 5.41) is 8.90. The van der Waals surface area contributed by atoms with Gasteiger partial charge in [-0.2, -0.15) is 0 Å². The molecule has 31 nitrogen and oxygen atoms in total. The molecule has 0 aromatic heterocycles. The standard InChI is InChI=1S/2C24H26O8.C18H30O8.C11H16O7.8CH4/c2*1-3-19(25)31-21(23(27)29-15-17-11-7-5-8-12-17)22(32-20(26)4-2)24(28)30-16-18-13-9-6-10-14-18;1-9-11(19)23-13(15(21)25-17(3,4)5)14(24-12(20)10-2)16(22)26-18(6,7)8;1-4-7(13)17-9(6(3)12)10(11(15)16)18-8(14)5-2;;;;;;;;/h2*5-14,21-22H,3-4,15-16H2,1-2H3;13-14H,9-10H2,1-8H3;9-10H,4-5H2,1-3H3,(H,15,16);8*1H4. The van der Waals surface area contributed by atoms with E-state index in [4.69, 9.17) is 61.9 Å². The van der Waals surface area contributed by atoms with Crippen molar-refractivity contribution in [3.05, 3.63) is 144 Å². The highest BCUT2D eigenvalue weighted by Crippen LogP contribution is 2.22. The summed E-state index contributed by atoms with van der Waals surface area (Å²) in [4.78, 5) is 192. The van der Waals surface area contributed by atoms with Crippen LogP contribution in [-0.2, 0) is 169 Å². The Hall–Kier alpha value is -11.4. The summed E-state index contributed by atoms with van der Waals surface area (Å²) in [6.45, 7) is 22.4. The smallest absolute Gasteiger partial charge is 0.352 e.